The van der Waals surface area contributed by atoms with Crippen molar-refractivity contribution in [2.24, 2.45) is 5.73 Å². The van der Waals surface area contributed by atoms with E-state index >= 15 is 0 Å². The van der Waals surface area contributed by atoms with E-state index in [1.54, 1.807) is 0 Å². The van der Waals surface area contributed by atoms with Crippen LogP contribution in [0.3, 0.4) is 0 Å². The van der Waals surface area contributed by atoms with Gasteiger partial charge < -0.3 is 26.2 Å². The lowest BCUT2D eigenvalue weighted by molar-refractivity contribution is -0.140. The Labute approximate surface area is 147 Å². The topological polar surface area (TPSA) is 114 Å². The third-order valence-corrected chi connectivity index (χ3v) is 3.68. The van der Waals surface area contributed by atoms with Crippen LogP contribution >= 0.6 is 12.6 Å². The molecule has 1 aromatic rings. The number of carbonyl (C=O) groups excluding carboxylic acids is 1. The summed E-state index contributed by atoms with van der Waals surface area (Å²) in [5.74, 6) is -0.945. The Morgan fingerprint density at radius 3 is 2.62 bits per heavy atom. The van der Waals surface area contributed by atoms with Gasteiger partial charge in [-0.2, -0.15) is 12.6 Å². The lowest BCUT2D eigenvalue weighted by atomic mass is 10.1. The molecule has 2 unspecified atom stereocenters. The van der Waals surface area contributed by atoms with Crippen LogP contribution in [0.25, 0.3) is 0 Å². The molecule has 0 heterocycles. The van der Waals surface area contributed by atoms with Gasteiger partial charge in [-0.3, -0.25) is 9.59 Å². The van der Waals surface area contributed by atoms with Gasteiger partial charge in [0.15, 0.2) is 0 Å². The summed E-state index contributed by atoms with van der Waals surface area (Å²) in [6, 6.07) is 9.39. The van der Waals surface area contributed by atoms with Crippen LogP contribution in [0.5, 0.6) is 0 Å². The first kappa shape index (κ1) is 20.4. The molecular formula is C16H25N3O4S. The molecule has 0 radical (unpaired) electrons. The third kappa shape index (κ3) is 8.88. The Morgan fingerprint density at radius 1 is 1.29 bits per heavy atom. The molecule has 0 saturated heterocycles. The fourth-order valence-electron chi connectivity index (χ4n) is 1.96. The summed E-state index contributed by atoms with van der Waals surface area (Å²) < 4.78 is 5.63. The first-order valence-corrected chi connectivity index (χ1v) is 8.38. The molecule has 0 aliphatic rings. The van der Waals surface area contributed by atoms with E-state index in [1.807, 2.05) is 30.3 Å². The second-order valence-corrected chi connectivity index (χ2v) is 5.67. The van der Waals surface area contributed by atoms with Crippen molar-refractivity contribution >= 4 is 24.5 Å². The van der Waals surface area contributed by atoms with Gasteiger partial charge in [0.2, 0.25) is 5.91 Å². The van der Waals surface area contributed by atoms with Gasteiger partial charge >= 0.3 is 5.97 Å². The number of thiol groups is 1. The predicted octanol–water partition coefficient (Wildman–Crippen LogP) is -0.338. The van der Waals surface area contributed by atoms with Crippen molar-refractivity contribution in [1.29, 1.82) is 0 Å². The number of carbonyl (C=O) groups is 2. The molecule has 0 spiro atoms. The SMILES string of the molecule is NC(CS)CNCCOC(Cc1ccccc1)C(=O)NCC(=O)O. The Kier molecular flexibility index (Phi) is 10.1. The number of hydrogen-bond acceptors (Lipinski definition) is 6. The number of benzene rings is 1. The maximum atomic E-state index is 12.1. The van der Waals surface area contributed by atoms with Crippen LogP contribution in [0.2, 0.25) is 0 Å². The molecule has 2 atom stereocenters. The molecule has 5 N–H and O–H groups in total. The Hall–Kier alpha value is -1.61. The number of ether oxygens (including phenoxy) is 1. The van der Waals surface area contributed by atoms with E-state index in [0.29, 0.717) is 31.9 Å². The van der Waals surface area contributed by atoms with Gasteiger partial charge in [-0.1, -0.05) is 30.3 Å². The smallest absolute Gasteiger partial charge is 0.322 e. The number of rotatable bonds is 12. The molecule has 8 heteroatoms. The maximum absolute atomic E-state index is 12.1. The average molecular weight is 355 g/mol. The van der Waals surface area contributed by atoms with Crippen molar-refractivity contribution in [3.8, 4) is 0 Å². The van der Waals surface area contributed by atoms with E-state index in [-0.39, 0.29) is 6.04 Å². The molecule has 0 saturated carbocycles. The molecule has 0 aliphatic heterocycles. The molecule has 0 aliphatic carbocycles. The summed E-state index contributed by atoms with van der Waals surface area (Å²) in [6.07, 6.45) is -0.366. The van der Waals surface area contributed by atoms with E-state index in [0.717, 1.165) is 5.56 Å². The summed E-state index contributed by atoms with van der Waals surface area (Å²) in [6.45, 7) is 1.04. The summed E-state index contributed by atoms with van der Waals surface area (Å²) in [4.78, 5) is 22.7. The van der Waals surface area contributed by atoms with Gasteiger partial charge in [-0.25, -0.2) is 0 Å². The highest BCUT2D eigenvalue weighted by Crippen LogP contribution is 2.06. The first-order valence-electron chi connectivity index (χ1n) is 7.75. The van der Waals surface area contributed by atoms with Crippen LogP contribution in [0.4, 0.5) is 0 Å². The molecule has 7 nitrogen and oxygen atoms in total. The highest BCUT2D eigenvalue weighted by molar-refractivity contribution is 7.80. The second-order valence-electron chi connectivity index (χ2n) is 5.31. The van der Waals surface area contributed by atoms with E-state index in [2.05, 4.69) is 23.3 Å². The Bertz CT molecular complexity index is 501. The average Bonchev–Trinajstić information content (AvgIpc) is 2.58. The normalized spacial score (nSPS) is 13.2. The monoisotopic (exact) mass is 355 g/mol. The Morgan fingerprint density at radius 2 is 2.00 bits per heavy atom. The zero-order chi connectivity index (χ0) is 17.8. The molecule has 0 aromatic heterocycles. The lowest BCUT2D eigenvalue weighted by Gasteiger charge is -2.18. The van der Waals surface area contributed by atoms with Crippen molar-refractivity contribution < 1.29 is 19.4 Å². The Balaban J connectivity index is 2.47. The van der Waals surface area contributed by atoms with Gasteiger partial charge in [0, 0.05) is 31.3 Å². The first-order chi connectivity index (χ1) is 11.5. The van der Waals surface area contributed by atoms with Crippen LogP contribution in [-0.4, -0.2) is 61.1 Å². The van der Waals surface area contributed by atoms with Gasteiger partial charge in [-0.05, 0) is 5.56 Å². The molecule has 1 rings (SSSR count). The molecular weight excluding hydrogens is 330 g/mol. The number of hydrogen-bond donors (Lipinski definition) is 5. The quantitative estimate of drug-likeness (QED) is 0.259. The van der Waals surface area contributed by atoms with E-state index in [9.17, 15) is 9.59 Å². The number of aliphatic carboxylic acids is 1. The molecule has 1 amide bonds. The van der Waals surface area contributed by atoms with Crippen molar-refractivity contribution in [1.82, 2.24) is 10.6 Å². The zero-order valence-corrected chi connectivity index (χ0v) is 14.4. The number of nitrogens with one attached hydrogen (secondary N) is 2. The van der Waals surface area contributed by atoms with Crippen LogP contribution < -0.4 is 16.4 Å². The molecule has 0 bridgehead atoms. The largest absolute Gasteiger partial charge is 0.480 e. The number of nitrogens with two attached hydrogens (primary N) is 1. The van der Waals surface area contributed by atoms with Crippen LogP contribution in [0.15, 0.2) is 30.3 Å². The minimum Gasteiger partial charge on any atom is -0.480 e. The standard InChI is InChI=1S/C16H25N3O4S/c17-13(11-24)9-18-6-7-23-14(16(22)19-10-15(20)21)8-12-4-2-1-3-5-12/h1-5,13-14,18,24H,6-11,17H2,(H,19,22)(H,20,21). The minimum absolute atomic E-state index is 0.0349. The lowest BCUT2D eigenvalue weighted by Crippen LogP contribution is -2.42. The van der Waals surface area contributed by atoms with Gasteiger partial charge in [0.05, 0.1) is 6.61 Å². The number of amides is 1. The molecule has 134 valence electrons. The van der Waals surface area contributed by atoms with Crippen LogP contribution in [0.1, 0.15) is 5.56 Å². The van der Waals surface area contributed by atoms with E-state index < -0.39 is 24.5 Å². The fourth-order valence-corrected chi connectivity index (χ4v) is 2.09. The van der Waals surface area contributed by atoms with Gasteiger partial charge in [0.1, 0.15) is 12.6 Å². The molecule has 1 aromatic carbocycles. The second kappa shape index (κ2) is 11.9. The number of carboxylic acids is 1. The zero-order valence-electron chi connectivity index (χ0n) is 13.5. The highest BCUT2D eigenvalue weighted by atomic mass is 32.1. The molecule has 0 fully saturated rings. The summed E-state index contributed by atoms with van der Waals surface area (Å²) >= 11 is 4.10. The van der Waals surface area contributed by atoms with Crippen molar-refractivity contribution in [3.63, 3.8) is 0 Å². The molecule has 24 heavy (non-hydrogen) atoms. The number of carboxylic acid groups (broad SMARTS) is 1. The van der Waals surface area contributed by atoms with Crippen LogP contribution in [-0.2, 0) is 20.7 Å². The van der Waals surface area contributed by atoms with Crippen molar-refractivity contribution in [3.05, 3.63) is 35.9 Å². The fraction of sp³-hybridized carbons (Fsp3) is 0.500. The minimum atomic E-state index is -1.09. The summed E-state index contributed by atoms with van der Waals surface area (Å²) in [7, 11) is 0. The highest BCUT2D eigenvalue weighted by Gasteiger charge is 2.20. The van der Waals surface area contributed by atoms with Gasteiger partial charge in [-0.15, -0.1) is 0 Å². The summed E-state index contributed by atoms with van der Waals surface area (Å²) in [5, 5.41) is 14.1. The van der Waals surface area contributed by atoms with Crippen LogP contribution in [0, 0.1) is 0 Å². The summed E-state index contributed by atoms with van der Waals surface area (Å²) in [5.41, 5.74) is 6.68. The van der Waals surface area contributed by atoms with Crippen molar-refractivity contribution in [2.45, 2.75) is 18.6 Å². The van der Waals surface area contributed by atoms with E-state index in [4.69, 9.17) is 15.6 Å². The predicted molar refractivity (Wildman–Crippen MR) is 95.2 cm³/mol. The maximum Gasteiger partial charge on any atom is 0.322 e. The third-order valence-electron chi connectivity index (χ3n) is 3.21. The van der Waals surface area contributed by atoms with Gasteiger partial charge in [0.25, 0.3) is 0 Å². The van der Waals surface area contributed by atoms with E-state index in [1.165, 1.54) is 0 Å². The van der Waals surface area contributed by atoms with Crippen molar-refractivity contribution in [2.75, 3.05) is 32.0 Å².